The second-order valence-corrected chi connectivity index (χ2v) is 7.85. The van der Waals surface area contributed by atoms with Crippen molar-refractivity contribution in [1.82, 2.24) is 0 Å². The Labute approximate surface area is 181 Å². The molecule has 0 fully saturated rings. The van der Waals surface area contributed by atoms with Crippen molar-refractivity contribution < 1.29 is 14.6 Å². The number of carbonyl (C=O) groups is 1. The van der Waals surface area contributed by atoms with Gasteiger partial charge in [0.2, 0.25) is 0 Å². The summed E-state index contributed by atoms with van der Waals surface area (Å²) in [6, 6.07) is 32.5. The molecule has 0 amide bonds. The van der Waals surface area contributed by atoms with Crippen LogP contribution in [0.4, 0.5) is 0 Å². The summed E-state index contributed by atoms with van der Waals surface area (Å²) >= 11 is 0. The summed E-state index contributed by atoms with van der Waals surface area (Å²) in [5, 5.41) is 12.2. The highest BCUT2D eigenvalue weighted by Crippen LogP contribution is 2.46. The van der Waals surface area contributed by atoms with Gasteiger partial charge in [0, 0.05) is 23.1 Å². The number of hydrogen-bond acceptors (Lipinski definition) is 3. The average molecular weight is 406 g/mol. The lowest BCUT2D eigenvalue weighted by molar-refractivity contribution is 0.0685. The molecule has 1 atom stereocenters. The van der Waals surface area contributed by atoms with Crippen molar-refractivity contribution in [2.24, 2.45) is 0 Å². The molecule has 0 radical (unpaired) electrons. The second-order valence-electron chi connectivity index (χ2n) is 7.85. The Morgan fingerprint density at radius 3 is 2.03 bits per heavy atom. The zero-order valence-electron chi connectivity index (χ0n) is 17.0. The summed E-state index contributed by atoms with van der Waals surface area (Å²) in [5.74, 6) is 0.441. The Balaban J connectivity index is 1.65. The molecule has 4 aromatic rings. The molecule has 0 bridgehead atoms. The molecule has 5 rings (SSSR count). The van der Waals surface area contributed by atoms with Crippen molar-refractivity contribution in [3.05, 3.63) is 137 Å². The van der Waals surface area contributed by atoms with E-state index in [1.165, 1.54) is 0 Å². The zero-order valence-corrected chi connectivity index (χ0v) is 17.0. The molecule has 1 unspecified atom stereocenters. The Hall–Kier alpha value is -3.69. The second kappa shape index (κ2) is 7.86. The molecule has 0 aliphatic heterocycles. The topological polar surface area (TPSA) is 46.5 Å². The monoisotopic (exact) mass is 406 g/mol. The first-order valence-corrected chi connectivity index (χ1v) is 10.4. The third kappa shape index (κ3) is 3.43. The predicted octanol–water partition coefficient (Wildman–Crippen LogP) is 5.29. The van der Waals surface area contributed by atoms with Crippen LogP contribution in [0.2, 0.25) is 0 Å². The van der Waals surface area contributed by atoms with E-state index in [0.717, 1.165) is 11.1 Å². The van der Waals surface area contributed by atoms with Crippen LogP contribution >= 0.6 is 0 Å². The third-order valence-electron chi connectivity index (χ3n) is 5.84. The molecule has 0 saturated heterocycles. The van der Waals surface area contributed by atoms with E-state index in [1.807, 2.05) is 91.0 Å². The molecular formula is C28H22O3. The summed E-state index contributed by atoms with van der Waals surface area (Å²) in [5.41, 5.74) is 2.81. The van der Waals surface area contributed by atoms with Crippen LogP contribution < -0.4 is 4.74 Å². The van der Waals surface area contributed by atoms with Gasteiger partial charge in [0.25, 0.3) is 0 Å². The fourth-order valence-electron chi connectivity index (χ4n) is 4.40. The number of hydrogen-bond donors (Lipinski definition) is 1. The molecule has 0 heterocycles. The summed E-state index contributed by atoms with van der Waals surface area (Å²) in [7, 11) is 0. The highest BCUT2D eigenvalue weighted by atomic mass is 16.5. The van der Waals surface area contributed by atoms with E-state index < -0.39 is 5.60 Å². The lowest BCUT2D eigenvalue weighted by Gasteiger charge is -2.37. The standard InChI is InChI=1S/C28H22O3/c29-27-22-14-7-8-16-24(22)28(30,18-20-10-3-1-4-11-20)26-23(27)15-9-17-25(26)31-19-21-12-5-2-6-13-21/h1-17,30H,18-19H2. The number of ether oxygens (including phenoxy) is 1. The maximum Gasteiger partial charge on any atom is 0.193 e. The van der Waals surface area contributed by atoms with Gasteiger partial charge in [-0.15, -0.1) is 0 Å². The predicted molar refractivity (Wildman–Crippen MR) is 120 cm³/mol. The first-order chi connectivity index (χ1) is 15.2. The Morgan fingerprint density at radius 1 is 0.677 bits per heavy atom. The van der Waals surface area contributed by atoms with Gasteiger partial charge in [-0.05, 0) is 22.8 Å². The van der Waals surface area contributed by atoms with Gasteiger partial charge >= 0.3 is 0 Å². The molecule has 31 heavy (non-hydrogen) atoms. The van der Waals surface area contributed by atoms with Crippen LogP contribution in [0, 0.1) is 0 Å². The van der Waals surface area contributed by atoms with Gasteiger partial charge in [-0.25, -0.2) is 0 Å². The lowest BCUT2D eigenvalue weighted by atomic mass is 9.71. The molecule has 3 nitrogen and oxygen atoms in total. The minimum absolute atomic E-state index is 0.0894. The summed E-state index contributed by atoms with van der Waals surface area (Å²) in [4.78, 5) is 13.3. The van der Waals surface area contributed by atoms with Gasteiger partial charge in [0.1, 0.15) is 18.0 Å². The molecule has 1 N–H and O–H groups in total. The molecule has 3 heteroatoms. The van der Waals surface area contributed by atoms with E-state index in [9.17, 15) is 9.90 Å². The van der Waals surface area contributed by atoms with Gasteiger partial charge in [0.05, 0.1) is 0 Å². The van der Waals surface area contributed by atoms with Crippen LogP contribution in [-0.2, 0) is 18.6 Å². The number of fused-ring (bicyclic) bond motifs is 2. The van der Waals surface area contributed by atoms with Crippen LogP contribution in [-0.4, -0.2) is 10.9 Å². The average Bonchev–Trinajstić information content (AvgIpc) is 2.82. The summed E-state index contributed by atoms with van der Waals surface area (Å²) in [6.45, 7) is 0.356. The lowest BCUT2D eigenvalue weighted by Crippen LogP contribution is -2.38. The van der Waals surface area contributed by atoms with Gasteiger partial charge in [-0.1, -0.05) is 97.1 Å². The van der Waals surface area contributed by atoms with Crippen molar-refractivity contribution in [2.75, 3.05) is 0 Å². The van der Waals surface area contributed by atoms with Gasteiger partial charge < -0.3 is 9.84 Å². The molecule has 0 aromatic heterocycles. The van der Waals surface area contributed by atoms with E-state index in [4.69, 9.17) is 4.74 Å². The first-order valence-electron chi connectivity index (χ1n) is 10.4. The van der Waals surface area contributed by atoms with Gasteiger partial charge in [-0.3, -0.25) is 4.79 Å². The van der Waals surface area contributed by atoms with Crippen LogP contribution in [0.1, 0.15) is 38.2 Å². The van der Waals surface area contributed by atoms with Gasteiger partial charge in [-0.2, -0.15) is 0 Å². The van der Waals surface area contributed by atoms with Gasteiger partial charge in [0.15, 0.2) is 5.78 Å². The van der Waals surface area contributed by atoms with Crippen LogP contribution in [0.25, 0.3) is 0 Å². The highest BCUT2D eigenvalue weighted by molar-refractivity contribution is 6.13. The number of aliphatic hydroxyl groups is 1. The highest BCUT2D eigenvalue weighted by Gasteiger charge is 2.44. The number of benzene rings is 4. The van der Waals surface area contributed by atoms with E-state index in [2.05, 4.69) is 0 Å². The van der Waals surface area contributed by atoms with E-state index >= 15 is 0 Å². The first kappa shape index (κ1) is 19.3. The Kier molecular flexibility index (Phi) is 4.89. The molecule has 152 valence electrons. The largest absolute Gasteiger partial charge is 0.488 e. The SMILES string of the molecule is O=C1c2ccccc2C(O)(Cc2ccccc2)c2c(OCc3ccccc3)cccc21. The number of ketones is 1. The Bertz CT molecular complexity index is 1230. The third-order valence-corrected chi connectivity index (χ3v) is 5.84. The zero-order chi connectivity index (χ0) is 21.3. The molecular weight excluding hydrogens is 384 g/mol. The fourth-order valence-corrected chi connectivity index (χ4v) is 4.40. The van der Waals surface area contributed by atoms with Crippen molar-refractivity contribution in [2.45, 2.75) is 18.6 Å². The van der Waals surface area contributed by atoms with E-state index in [1.54, 1.807) is 12.1 Å². The smallest absolute Gasteiger partial charge is 0.193 e. The van der Waals surface area contributed by atoms with E-state index in [0.29, 0.717) is 41.0 Å². The van der Waals surface area contributed by atoms with Crippen molar-refractivity contribution in [3.63, 3.8) is 0 Å². The van der Waals surface area contributed by atoms with Crippen molar-refractivity contribution >= 4 is 5.78 Å². The quantitative estimate of drug-likeness (QED) is 0.490. The van der Waals surface area contributed by atoms with Crippen molar-refractivity contribution in [3.8, 4) is 5.75 Å². The van der Waals surface area contributed by atoms with Crippen molar-refractivity contribution in [1.29, 1.82) is 0 Å². The molecule has 1 aliphatic carbocycles. The molecule has 1 aliphatic rings. The van der Waals surface area contributed by atoms with Crippen LogP contribution in [0.15, 0.2) is 103 Å². The maximum absolute atomic E-state index is 13.3. The summed E-state index contributed by atoms with van der Waals surface area (Å²) < 4.78 is 6.17. The van der Waals surface area contributed by atoms with Crippen LogP contribution in [0.5, 0.6) is 5.75 Å². The molecule has 0 saturated carbocycles. The molecule has 4 aromatic carbocycles. The van der Waals surface area contributed by atoms with E-state index in [-0.39, 0.29) is 5.78 Å². The Morgan fingerprint density at radius 2 is 1.29 bits per heavy atom. The number of carbonyl (C=O) groups excluding carboxylic acids is 1. The maximum atomic E-state index is 13.3. The minimum Gasteiger partial charge on any atom is -0.488 e. The number of rotatable bonds is 5. The van der Waals surface area contributed by atoms with Crippen LogP contribution in [0.3, 0.4) is 0 Å². The molecule has 0 spiro atoms. The normalized spacial score (nSPS) is 17.0. The minimum atomic E-state index is -1.38. The fraction of sp³-hybridized carbons (Fsp3) is 0.107. The summed E-state index contributed by atoms with van der Waals surface area (Å²) in [6.07, 6.45) is 0.344.